The van der Waals surface area contributed by atoms with Crippen LogP contribution in [-0.4, -0.2) is 29.8 Å². The predicted octanol–water partition coefficient (Wildman–Crippen LogP) is 2.13. The lowest BCUT2D eigenvalue weighted by Crippen LogP contribution is -2.24. The third-order valence-electron chi connectivity index (χ3n) is 5.29. The van der Waals surface area contributed by atoms with Gasteiger partial charge in [-0.1, -0.05) is 36.3 Å². The second kappa shape index (κ2) is 8.86. The highest BCUT2D eigenvalue weighted by Gasteiger charge is 2.40. The molecule has 3 fully saturated rings. The third-order valence-corrected chi connectivity index (χ3v) is 6.41. The maximum atomic E-state index is 14.7. The molecule has 2 heterocycles. The molecule has 2 aromatic carbocycles. The summed E-state index contributed by atoms with van der Waals surface area (Å²) < 4.78 is 35.7. The molecule has 2 aromatic rings. The average molecular weight is 428 g/mol. The summed E-state index contributed by atoms with van der Waals surface area (Å²) in [6, 6.07) is 12.3. The van der Waals surface area contributed by atoms with Crippen LogP contribution in [0, 0.1) is 30.0 Å². The number of rotatable bonds is 4. The molecule has 3 aliphatic rings. The molecular weight excluding hydrogens is 405 g/mol. The highest BCUT2D eigenvalue weighted by atomic mass is 32.2. The molecule has 6 nitrogen and oxygen atoms in total. The lowest BCUT2D eigenvalue weighted by atomic mass is 10.1. The smallest absolute Gasteiger partial charge is 0.253 e. The van der Waals surface area contributed by atoms with Gasteiger partial charge in [-0.3, -0.25) is 13.8 Å². The van der Waals surface area contributed by atoms with Crippen molar-refractivity contribution in [2.24, 2.45) is 11.8 Å². The van der Waals surface area contributed by atoms with E-state index >= 15 is 0 Å². The molecule has 1 amide bonds. The molecule has 8 heteroatoms. The molecule has 156 valence electrons. The lowest BCUT2D eigenvalue weighted by molar-refractivity contribution is -0.117. The molecule has 0 aromatic heterocycles. The van der Waals surface area contributed by atoms with Crippen molar-refractivity contribution in [3.63, 3.8) is 0 Å². The fraction of sp³-hybridized carbons (Fsp3) is 0.318. The van der Waals surface area contributed by atoms with Gasteiger partial charge in [0.2, 0.25) is 11.2 Å². The van der Waals surface area contributed by atoms with E-state index in [0.717, 1.165) is 21.7 Å². The number of nitrogens with one attached hydrogen (secondary N) is 2. The lowest BCUT2D eigenvalue weighted by Gasteiger charge is -2.19. The van der Waals surface area contributed by atoms with Gasteiger partial charge in [0, 0.05) is 0 Å². The number of piperidine rings is 1. The fourth-order valence-corrected chi connectivity index (χ4v) is 4.48. The molecule has 0 radical (unpaired) electrons. The monoisotopic (exact) mass is 427 g/mol. The first-order valence-corrected chi connectivity index (χ1v) is 10.8. The summed E-state index contributed by atoms with van der Waals surface area (Å²) in [4.78, 5) is 11.4. The standard InChI is InChI=1S/C17H13FN2O3S.C5H9N/c1-2-13-8-9-14(23-11-12-6-4-3-5-7-12)17(16(13)18)20-10-15(21)19-24(20)22;1-4-2-6-3-5(1)4/h1,3-9H,10-11H2,(H,19,21);4-6H,1-3H2. The van der Waals surface area contributed by atoms with E-state index in [9.17, 15) is 13.4 Å². The van der Waals surface area contributed by atoms with E-state index in [1.807, 2.05) is 30.3 Å². The van der Waals surface area contributed by atoms with Crippen molar-refractivity contribution in [1.82, 2.24) is 10.0 Å². The van der Waals surface area contributed by atoms with E-state index < -0.39 is 22.9 Å². The zero-order chi connectivity index (χ0) is 21.1. The van der Waals surface area contributed by atoms with Crippen molar-refractivity contribution >= 4 is 22.8 Å². The summed E-state index contributed by atoms with van der Waals surface area (Å²) in [5.74, 6) is 3.39. The second-order valence-corrected chi connectivity index (χ2v) is 8.56. The molecule has 2 aliphatic heterocycles. The molecule has 3 unspecified atom stereocenters. The Bertz CT molecular complexity index is 1000. The van der Waals surface area contributed by atoms with Gasteiger partial charge in [0.1, 0.15) is 24.6 Å². The third kappa shape index (κ3) is 4.48. The molecule has 1 aliphatic carbocycles. The normalized spacial score (nSPS) is 23.7. The predicted molar refractivity (Wildman–Crippen MR) is 113 cm³/mol. The van der Waals surface area contributed by atoms with E-state index in [2.05, 4.69) is 16.0 Å². The number of nitrogens with zero attached hydrogens (tertiary/aromatic N) is 1. The Morgan fingerprint density at radius 3 is 2.47 bits per heavy atom. The maximum absolute atomic E-state index is 14.7. The van der Waals surface area contributed by atoms with Crippen LogP contribution in [-0.2, 0) is 22.6 Å². The minimum absolute atomic E-state index is 0.00779. The molecule has 0 bridgehead atoms. The summed E-state index contributed by atoms with van der Waals surface area (Å²) in [7, 11) is 0. The van der Waals surface area contributed by atoms with Gasteiger partial charge >= 0.3 is 0 Å². The molecule has 0 spiro atoms. The Morgan fingerprint density at radius 1 is 1.20 bits per heavy atom. The number of hydrogen-bond acceptors (Lipinski definition) is 4. The van der Waals surface area contributed by atoms with Crippen LogP contribution >= 0.6 is 0 Å². The van der Waals surface area contributed by atoms with Crippen LogP contribution in [0.25, 0.3) is 0 Å². The number of carbonyl (C=O) groups is 1. The minimum Gasteiger partial charge on any atom is -0.487 e. The van der Waals surface area contributed by atoms with E-state index in [1.165, 1.54) is 31.6 Å². The molecular formula is C22H22FN3O3S. The Balaban J connectivity index is 0.000000305. The molecule has 2 N–H and O–H groups in total. The average Bonchev–Trinajstić information content (AvgIpc) is 3.20. The highest BCUT2D eigenvalue weighted by Crippen LogP contribution is 2.40. The first-order valence-electron chi connectivity index (χ1n) is 9.72. The first kappa shape index (κ1) is 20.4. The van der Waals surface area contributed by atoms with Gasteiger partial charge in [0.05, 0.1) is 5.56 Å². The Labute approximate surface area is 177 Å². The number of amides is 1. The number of ether oxygens (including phenoxy) is 1. The summed E-state index contributed by atoms with van der Waals surface area (Å²) in [5, 5.41) is 3.32. The number of hydrogen-bond donors (Lipinski definition) is 2. The van der Waals surface area contributed by atoms with Crippen LogP contribution < -0.4 is 19.1 Å². The Morgan fingerprint density at radius 2 is 1.93 bits per heavy atom. The summed E-state index contributed by atoms with van der Waals surface area (Å²) in [6.45, 7) is 2.58. The number of halogens is 1. The minimum atomic E-state index is -1.88. The number of carbonyl (C=O) groups excluding carboxylic acids is 1. The molecule has 30 heavy (non-hydrogen) atoms. The number of fused-ring (bicyclic) bond motifs is 1. The van der Waals surface area contributed by atoms with Gasteiger partial charge in [0.15, 0.2) is 5.82 Å². The summed E-state index contributed by atoms with van der Waals surface area (Å²) >= 11 is -1.88. The Hall–Kier alpha value is -2.89. The highest BCUT2D eigenvalue weighted by molar-refractivity contribution is 7.85. The second-order valence-electron chi connectivity index (χ2n) is 7.42. The topological polar surface area (TPSA) is 70.7 Å². The molecule has 1 saturated carbocycles. The van der Waals surface area contributed by atoms with Gasteiger partial charge in [-0.15, -0.1) is 6.42 Å². The van der Waals surface area contributed by atoms with Crippen molar-refractivity contribution < 1.29 is 18.1 Å². The van der Waals surface area contributed by atoms with Crippen molar-refractivity contribution in [3.8, 4) is 18.1 Å². The van der Waals surface area contributed by atoms with Crippen LogP contribution in [0.2, 0.25) is 0 Å². The molecule has 2 saturated heterocycles. The zero-order valence-corrected chi connectivity index (χ0v) is 17.1. The van der Waals surface area contributed by atoms with Crippen molar-refractivity contribution in [3.05, 3.63) is 59.4 Å². The van der Waals surface area contributed by atoms with Crippen LogP contribution in [0.4, 0.5) is 10.1 Å². The largest absolute Gasteiger partial charge is 0.487 e. The van der Waals surface area contributed by atoms with E-state index in [0.29, 0.717) is 0 Å². The SMILES string of the molecule is C#Cc1ccc(OCc2ccccc2)c(N2CC(=O)NS2=O)c1F.C1NCC2CC12. The quantitative estimate of drug-likeness (QED) is 0.734. The molecule has 3 atom stereocenters. The van der Waals surface area contributed by atoms with Gasteiger partial charge in [0.25, 0.3) is 5.91 Å². The van der Waals surface area contributed by atoms with E-state index in [-0.39, 0.29) is 30.2 Å². The zero-order valence-electron chi connectivity index (χ0n) is 16.3. The van der Waals surface area contributed by atoms with Crippen LogP contribution in [0.15, 0.2) is 42.5 Å². The van der Waals surface area contributed by atoms with Crippen LogP contribution in [0.3, 0.4) is 0 Å². The first-order chi connectivity index (χ1) is 14.6. The summed E-state index contributed by atoms with van der Waals surface area (Å²) in [6.07, 6.45) is 6.81. The number of anilines is 1. The van der Waals surface area contributed by atoms with Crippen molar-refractivity contribution in [2.75, 3.05) is 23.9 Å². The Kier molecular flexibility index (Phi) is 6.02. The van der Waals surface area contributed by atoms with E-state index in [1.54, 1.807) is 0 Å². The van der Waals surface area contributed by atoms with Crippen molar-refractivity contribution in [2.45, 2.75) is 13.0 Å². The fourth-order valence-electron chi connectivity index (χ4n) is 3.54. The van der Waals surface area contributed by atoms with Crippen molar-refractivity contribution in [1.29, 1.82) is 0 Å². The number of terminal acetylenes is 1. The van der Waals surface area contributed by atoms with Gasteiger partial charge in [-0.25, -0.2) is 8.60 Å². The van der Waals surface area contributed by atoms with Crippen LogP contribution in [0.5, 0.6) is 5.75 Å². The van der Waals surface area contributed by atoms with Gasteiger partial charge < -0.3 is 10.1 Å². The molecule has 5 rings (SSSR count). The summed E-state index contributed by atoms with van der Waals surface area (Å²) in [5.41, 5.74) is 0.813. The van der Waals surface area contributed by atoms with Crippen LogP contribution in [0.1, 0.15) is 17.5 Å². The van der Waals surface area contributed by atoms with Gasteiger partial charge in [-0.05, 0) is 49.0 Å². The number of benzene rings is 2. The van der Waals surface area contributed by atoms with E-state index in [4.69, 9.17) is 11.2 Å². The maximum Gasteiger partial charge on any atom is 0.253 e. The van der Waals surface area contributed by atoms with Gasteiger partial charge in [-0.2, -0.15) is 0 Å².